The maximum absolute atomic E-state index is 13.6. The van der Waals surface area contributed by atoms with Gasteiger partial charge in [-0.3, -0.25) is 29.4 Å². The normalized spacial score (nSPS) is 15.5. The summed E-state index contributed by atoms with van der Waals surface area (Å²) in [6.45, 7) is 4.08. The number of aryl methyl sites for hydroxylation is 1. The van der Waals surface area contributed by atoms with E-state index >= 15 is 0 Å². The number of Topliss-reactive ketones (excluding diaryl/α,β-unsaturated/α-hetero) is 1. The largest absolute Gasteiger partial charge is 0.368 e. The first kappa shape index (κ1) is 37.7. The lowest BCUT2D eigenvalue weighted by Crippen LogP contribution is -2.43. The molecule has 55 heavy (non-hydrogen) atoms. The van der Waals surface area contributed by atoms with E-state index in [1.54, 1.807) is 56.0 Å². The molecule has 276 valence electrons. The van der Waals surface area contributed by atoms with E-state index in [4.69, 9.17) is 10.7 Å². The highest BCUT2D eigenvalue weighted by atomic mass is 16.2. The van der Waals surface area contributed by atoms with Crippen LogP contribution in [0.1, 0.15) is 50.8 Å². The van der Waals surface area contributed by atoms with E-state index in [-0.39, 0.29) is 36.6 Å². The first-order valence-electron chi connectivity index (χ1n) is 17.9. The Balaban J connectivity index is 0.000000661. The van der Waals surface area contributed by atoms with E-state index in [1.165, 1.54) is 9.80 Å². The van der Waals surface area contributed by atoms with E-state index in [0.29, 0.717) is 23.5 Å². The van der Waals surface area contributed by atoms with Crippen LogP contribution in [0.2, 0.25) is 0 Å². The second-order valence-corrected chi connectivity index (χ2v) is 13.0. The van der Waals surface area contributed by atoms with Gasteiger partial charge in [-0.15, -0.1) is 0 Å². The van der Waals surface area contributed by atoms with Crippen molar-refractivity contribution >= 4 is 35.2 Å². The number of aromatic nitrogens is 3. The summed E-state index contributed by atoms with van der Waals surface area (Å²) in [6.07, 6.45) is 12.7. The van der Waals surface area contributed by atoms with Crippen LogP contribution < -0.4 is 16.0 Å². The van der Waals surface area contributed by atoms with Gasteiger partial charge in [0.15, 0.2) is 5.78 Å². The van der Waals surface area contributed by atoms with Crippen molar-refractivity contribution in [2.24, 2.45) is 4.99 Å². The number of benzene rings is 3. The fraction of sp³-hybridized carbons (Fsp3) is 0.159. The van der Waals surface area contributed by atoms with Crippen molar-refractivity contribution in [3.8, 4) is 0 Å². The number of carbonyl (C=O) groups is 3. The number of carbonyl (C=O) groups excluding carboxylic acids is 3. The van der Waals surface area contributed by atoms with Gasteiger partial charge in [0, 0.05) is 72.1 Å². The average molecular weight is 731 g/mol. The van der Waals surface area contributed by atoms with Crippen LogP contribution >= 0.6 is 0 Å². The molecular formula is C44H42N8O3. The van der Waals surface area contributed by atoms with Gasteiger partial charge in [-0.1, -0.05) is 84.9 Å². The first-order chi connectivity index (χ1) is 26.7. The van der Waals surface area contributed by atoms with Crippen LogP contribution in [0.3, 0.4) is 0 Å². The Morgan fingerprint density at radius 2 is 1.69 bits per heavy atom. The SMILES string of the molecule is C/C=C/C=C(\C=C\N1Cc2cnc(N)nc2N(C)C1=O)NC(=O)c1ccc2c(c1)CC(=O)[C@H](Cc1ccccc1)N=C2c1ccccc1.Cc1ccccn1. The summed E-state index contributed by atoms with van der Waals surface area (Å²) in [6, 6.07) is 30.1. The predicted molar refractivity (Wildman–Crippen MR) is 215 cm³/mol. The molecule has 3 N–H and O–H groups in total. The van der Waals surface area contributed by atoms with Gasteiger partial charge in [0.25, 0.3) is 5.91 Å². The van der Waals surface area contributed by atoms with E-state index in [2.05, 4.69) is 20.3 Å². The highest BCUT2D eigenvalue weighted by Gasteiger charge is 2.29. The van der Waals surface area contributed by atoms with E-state index in [9.17, 15) is 14.4 Å². The molecule has 0 spiro atoms. The molecule has 5 aromatic rings. The zero-order valence-electron chi connectivity index (χ0n) is 31.0. The van der Waals surface area contributed by atoms with E-state index in [1.807, 2.05) is 105 Å². The van der Waals surface area contributed by atoms with E-state index in [0.717, 1.165) is 39.2 Å². The molecule has 0 bridgehead atoms. The molecule has 0 radical (unpaired) electrons. The molecule has 11 heteroatoms. The highest BCUT2D eigenvalue weighted by Crippen LogP contribution is 2.27. The number of fused-ring (bicyclic) bond motifs is 2. The Morgan fingerprint density at radius 1 is 0.945 bits per heavy atom. The van der Waals surface area contributed by atoms with Crippen molar-refractivity contribution in [3.63, 3.8) is 0 Å². The number of aliphatic imine (C=N–C) groups is 1. The minimum Gasteiger partial charge on any atom is -0.368 e. The van der Waals surface area contributed by atoms with Crippen molar-refractivity contribution < 1.29 is 14.4 Å². The van der Waals surface area contributed by atoms with Crippen LogP contribution in [0.4, 0.5) is 16.6 Å². The summed E-state index contributed by atoms with van der Waals surface area (Å²) in [7, 11) is 1.62. The zero-order valence-corrected chi connectivity index (χ0v) is 31.0. The van der Waals surface area contributed by atoms with Crippen LogP contribution in [0.15, 0.2) is 151 Å². The Labute approximate surface area is 320 Å². The van der Waals surface area contributed by atoms with Gasteiger partial charge in [0.1, 0.15) is 11.9 Å². The van der Waals surface area contributed by atoms with Gasteiger partial charge in [0.2, 0.25) is 5.95 Å². The lowest BCUT2D eigenvalue weighted by Gasteiger charge is -2.31. The summed E-state index contributed by atoms with van der Waals surface area (Å²) >= 11 is 0. The smallest absolute Gasteiger partial charge is 0.329 e. The number of hydrogen-bond acceptors (Lipinski definition) is 8. The minimum atomic E-state index is -0.555. The van der Waals surface area contributed by atoms with Crippen LogP contribution in [0.5, 0.6) is 0 Å². The third kappa shape index (κ3) is 9.51. The fourth-order valence-electron chi connectivity index (χ4n) is 6.16. The molecule has 4 heterocycles. The molecule has 7 rings (SSSR count). The van der Waals surface area contributed by atoms with Crippen LogP contribution in [0, 0.1) is 6.92 Å². The van der Waals surface area contributed by atoms with Crippen molar-refractivity contribution in [1.82, 2.24) is 25.2 Å². The topological polar surface area (TPSA) is 147 Å². The quantitative estimate of drug-likeness (QED) is 0.167. The molecule has 2 aromatic heterocycles. The molecule has 11 nitrogen and oxygen atoms in total. The molecule has 3 amide bonds. The Kier molecular flexibility index (Phi) is 12.1. The third-order valence-corrected chi connectivity index (χ3v) is 8.99. The van der Waals surface area contributed by atoms with Crippen molar-refractivity contribution in [1.29, 1.82) is 0 Å². The number of pyridine rings is 1. The van der Waals surface area contributed by atoms with Crippen LogP contribution in [-0.2, 0) is 24.2 Å². The Morgan fingerprint density at radius 3 is 2.38 bits per heavy atom. The molecule has 0 unspecified atom stereocenters. The van der Waals surface area contributed by atoms with Crippen molar-refractivity contribution in [3.05, 3.63) is 185 Å². The molecule has 0 fully saturated rings. The maximum Gasteiger partial charge on any atom is 0.329 e. The fourth-order valence-corrected chi connectivity index (χ4v) is 6.16. The van der Waals surface area contributed by atoms with Gasteiger partial charge < -0.3 is 11.1 Å². The average Bonchev–Trinajstić information content (AvgIpc) is 3.34. The lowest BCUT2D eigenvalue weighted by atomic mass is 9.93. The van der Waals surface area contributed by atoms with Crippen molar-refractivity contribution in [2.45, 2.75) is 39.3 Å². The number of ketones is 1. The molecule has 1 atom stereocenters. The number of nitrogens with one attached hydrogen (secondary N) is 1. The molecule has 0 saturated heterocycles. The number of allylic oxidation sites excluding steroid dienone is 4. The second kappa shape index (κ2) is 17.7. The zero-order chi connectivity index (χ0) is 38.7. The third-order valence-electron chi connectivity index (χ3n) is 8.99. The summed E-state index contributed by atoms with van der Waals surface area (Å²) in [5.74, 6) is 0.189. The molecule has 2 aliphatic heterocycles. The molecular weight excluding hydrogens is 689 g/mol. The summed E-state index contributed by atoms with van der Waals surface area (Å²) in [5, 5.41) is 2.95. The second-order valence-electron chi connectivity index (χ2n) is 13.0. The summed E-state index contributed by atoms with van der Waals surface area (Å²) in [4.78, 5) is 60.5. The molecule has 3 aromatic carbocycles. The molecule has 0 saturated carbocycles. The number of rotatable bonds is 8. The Bertz CT molecular complexity index is 2290. The summed E-state index contributed by atoms with van der Waals surface area (Å²) in [5.41, 5.74) is 12.6. The number of nitrogens with two attached hydrogens (primary N) is 1. The van der Waals surface area contributed by atoms with Gasteiger partial charge in [-0.2, -0.15) is 4.98 Å². The van der Waals surface area contributed by atoms with Gasteiger partial charge in [0.05, 0.1) is 12.3 Å². The molecule has 2 aliphatic rings. The van der Waals surface area contributed by atoms with Gasteiger partial charge >= 0.3 is 6.03 Å². The van der Waals surface area contributed by atoms with Gasteiger partial charge in [-0.25, -0.2) is 9.78 Å². The number of nitrogens with zero attached hydrogens (tertiary/aromatic N) is 6. The lowest BCUT2D eigenvalue weighted by molar-refractivity contribution is -0.119. The van der Waals surface area contributed by atoms with Crippen molar-refractivity contribution in [2.75, 3.05) is 17.7 Å². The van der Waals surface area contributed by atoms with Crippen LogP contribution in [-0.4, -0.2) is 56.4 Å². The number of nitrogen functional groups attached to an aromatic ring is 1. The monoisotopic (exact) mass is 730 g/mol. The van der Waals surface area contributed by atoms with Gasteiger partial charge in [-0.05, 0) is 61.4 Å². The van der Waals surface area contributed by atoms with Crippen LogP contribution in [0.25, 0.3) is 0 Å². The number of anilines is 2. The maximum atomic E-state index is 13.6. The Hall–Kier alpha value is -7.01. The number of amides is 3. The number of hydrogen-bond donors (Lipinski definition) is 2. The molecule has 0 aliphatic carbocycles. The minimum absolute atomic E-state index is 0.00831. The first-order valence-corrected chi connectivity index (χ1v) is 17.9. The number of urea groups is 1. The predicted octanol–water partition coefficient (Wildman–Crippen LogP) is 6.80. The standard InChI is InChI=1S/C38H35N7O3.C6H7N/c1-3-4-15-30(18-19-45-24-29-23-40-37(39)43-35(29)44(2)38(45)48)41-36(47)27-16-17-31-28(21-27)22-33(46)32(20-25-11-7-5-8-12-25)42-34(31)26-13-9-6-10-14-26;1-6-4-2-3-5-7-6/h3-19,21,23,32H,20,22,24H2,1-2H3,(H,41,47)(H2,39,40,43);2-5H,1H3/b4-3+,19-18+,30-15+;/t32-;/m0./s1. The van der Waals surface area contributed by atoms with E-state index < -0.39 is 6.04 Å². The summed E-state index contributed by atoms with van der Waals surface area (Å²) < 4.78 is 0. The highest BCUT2D eigenvalue weighted by molar-refractivity contribution is 6.16.